The van der Waals surface area contributed by atoms with Crippen molar-refractivity contribution in [2.24, 2.45) is 10.7 Å². The van der Waals surface area contributed by atoms with E-state index in [1.807, 2.05) is 6.92 Å². The number of rotatable bonds is 4. The summed E-state index contributed by atoms with van der Waals surface area (Å²) in [6.45, 7) is 2.76. The van der Waals surface area contributed by atoms with Crippen molar-refractivity contribution in [3.8, 4) is 5.75 Å². The number of nitrogens with two attached hydrogens (primary N) is 1. The number of hydrogen-bond donors (Lipinski definition) is 1. The summed E-state index contributed by atoms with van der Waals surface area (Å²) in [7, 11) is 0. The van der Waals surface area contributed by atoms with Crippen LogP contribution in [0, 0.1) is 0 Å². The molecule has 0 heterocycles. The number of hydrogen-bond acceptors (Lipinski definition) is 2. The fourth-order valence-corrected chi connectivity index (χ4v) is 1.32. The molecule has 0 aromatic heterocycles. The van der Waals surface area contributed by atoms with Gasteiger partial charge in [0.1, 0.15) is 18.2 Å². The van der Waals surface area contributed by atoms with Gasteiger partial charge in [0.25, 0.3) is 0 Å². The Labute approximate surface area is 111 Å². The van der Waals surface area contributed by atoms with Crippen LogP contribution in [-0.4, -0.2) is 19.0 Å². The third-order valence-electron chi connectivity index (χ3n) is 1.63. The molecule has 0 aliphatic heterocycles. The zero-order valence-corrected chi connectivity index (χ0v) is 11.1. The van der Waals surface area contributed by atoms with Gasteiger partial charge in [0.05, 0.1) is 5.02 Å². The lowest BCUT2D eigenvalue weighted by atomic mass is 10.3. The fourth-order valence-electron chi connectivity index (χ4n) is 0.988. The van der Waals surface area contributed by atoms with E-state index in [0.29, 0.717) is 28.2 Å². The lowest BCUT2D eigenvalue weighted by Crippen LogP contribution is -2.21. The third kappa shape index (κ3) is 4.92. The Bertz CT molecular complexity index is 369. The molecule has 0 amide bonds. The Kier molecular flexibility index (Phi) is 7.30. The van der Waals surface area contributed by atoms with Crippen LogP contribution in [0.15, 0.2) is 23.2 Å². The molecule has 16 heavy (non-hydrogen) atoms. The molecule has 0 aliphatic rings. The molecular weight excluding hydrogens is 270 g/mol. The maximum atomic E-state index is 5.89. The molecule has 0 spiro atoms. The molecule has 6 heteroatoms. The van der Waals surface area contributed by atoms with E-state index in [-0.39, 0.29) is 19.0 Å². The van der Waals surface area contributed by atoms with Crippen molar-refractivity contribution in [3.63, 3.8) is 0 Å². The molecular formula is C10H13Cl3N2O. The van der Waals surface area contributed by atoms with Crippen LogP contribution < -0.4 is 10.5 Å². The minimum atomic E-state index is 0. The zero-order chi connectivity index (χ0) is 11.3. The van der Waals surface area contributed by atoms with Gasteiger partial charge in [-0.05, 0) is 19.1 Å². The van der Waals surface area contributed by atoms with E-state index in [4.69, 9.17) is 33.7 Å². The normalized spacial score (nSPS) is 10.8. The lowest BCUT2D eigenvalue weighted by Gasteiger charge is -2.07. The fraction of sp³-hybridized carbons (Fsp3) is 0.300. The van der Waals surface area contributed by atoms with Gasteiger partial charge in [0.2, 0.25) is 0 Å². The van der Waals surface area contributed by atoms with Crippen molar-refractivity contribution in [2.45, 2.75) is 6.92 Å². The van der Waals surface area contributed by atoms with Crippen LogP contribution in [0.3, 0.4) is 0 Å². The van der Waals surface area contributed by atoms with Crippen LogP contribution in [0.2, 0.25) is 10.0 Å². The first kappa shape index (κ1) is 15.4. The van der Waals surface area contributed by atoms with Crippen molar-refractivity contribution in [3.05, 3.63) is 28.2 Å². The van der Waals surface area contributed by atoms with Crippen molar-refractivity contribution in [1.29, 1.82) is 0 Å². The maximum absolute atomic E-state index is 5.89. The minimum Gasteiger partial charge on any atom is -0.484 e. The van der Waals surface area contributed by atoms with Crippen molar-refractivity contribution in [1.82, 2.24) is 0 Å². The summed E-state index contributed by atoms with van der Waals surface area (Å²) in [5.41, 5.74) is 5.57. The van der Waals surface area contributed by atoms with E-state index in [1.165, 1.54) is 0 Å². The molecule has 0 aliphatic carbocycles. The van der Waals surface area contributed by atoms with Gasteiger partial charge in [-0.25, -0.2) is 0 Å². The Hall–Kier alpha value is -0.640. The molecule has 1 aromatic rings. The molecule has 0 saturated carbocycles. The standard InChI is InChI=1S/C10H12Cl2N2O.ClH/c1-2-14-10(13)6-15-9-5-7(11)3-4-8(9)12;/h3-5H,2,6H2,1H3,(H2,13,14);1H. The maximum Gasteiger partial charge on any atom is 0.145 e. The summed E-state index contributed by atoms with van der Waals surface area (Å²) < 4.78 is 5.36. The summed E-state index contributed by atoms with van der Waals surface area (Å²) in [5, 5.41) is 1.07. The first-order valence-corrected chi connectivity index (χ1v) is 5.25. The minimum absolute atomic E-state index is 0. The number of amidine groups is 1. The van der Waals surface area contributed by atoms with Crippen molar-refractivity contribution in [2.75, 3.05) is 13.2 Å². The second kappa shape index (κ2) is 7.60. The topological polar surface area (TPSA) is 47.6 Å². The van der Waals surface area contributed by atoms with Gasteiger partial charge in [-0.1, -0.05) is 23.2 Å². The highest BCUT2D eigenvalue weighted by Gasteiger charge is 2.03. The molecule has 0 bridgehead atoms. The van der Waals surface area contributed by atoms with Gasteiger partial charge in [-0.15, -0.1) is 12.4 Å². The Morgan fingerprint density at radius 1 is 1.44 bits per heavy atom. The molecule has 0 fully saturated rings. The van der Waals surface area contributed by atoms with Gasteiger partial charge >= 0.3 is 0 Å². The highest BCUT2D eigenvalue weighted by Crippen LogP contribution is 2.27. The van der Waals surface area contributed by atoms with Gasteiger partial charge < -0.3 is 10.5 Å². The monoisotopic (exact) mass is 282 g/mol. The quantitative estimate of drug-likeness (QED) is 0.681. The average Bonchev–Trinajstić information content (AvgIpc) is 2.20. The number of ether oxygens (including phenoxy) is 1. The molecule has 0 radical (unpaired) electrons. The SMILES string of the molecule is CCN=C(N)COc1cc(Cl)ccc1Cl.Cl. The zero-order valence-electron chi connectivity index (χ0n) is 8.74. The summed E-state index contributed by atoms with van der Waals surface area (Å²) >= 11 is 11.7. The van der Waals surface area contributed by atoms with E-state index >= 15 is 0 Å². The summed E-state index contributed by atoms with van der Waals surface area (Å²) in [6.07, 6.45) is 0. The molecule has 1 aromatic carbocycles. The number of halogens is 3. The summed E-state index contributed by atoms with van der Waals surface area (Å²) in [4.78, 5) is 3.99. The Morgan fingerprint density at radius 3 is 2.75 bits per heavy atom. The van der Waals surface area contributed by atoms with Crippen LogP contribution in [0.5, 0.6) is 5.75 Å². The number of aliphatic imine (C=N–C) groups is 1. The second-order valence-electron chi connectivity index (χ2n) is 2.83. The van der Waals surface area contributed by atoms with E-state index in [9.17, 15) is 0 Å². The predicted octanol–water partition coefficient (Wildman–Crippen LogP) is 3.17. The molecule has 2 N–H and O–H groups in total. The van der Waals surface area contributed by atoms with E-state index in [2.05, 4.69) is 4.99 Å². The smallest absolute Gasteiger partial charge is 0.145 e. The van der Waals surface area contributed by atoms with Crippen molar-refractivity contribution >= 4 is 41.4 Å². The summed E-state index contributed by atoms with van der Waals surface area (Å²) in [5.74, 6) is 0.951. The van der Waals surface area contributed by atoms with E-state index < -0.39 is 0 Å². The molecule has 0 atom stereocenters. The first-order valence-electron chi connectivity index (χ1n) is 4.50. The Morgan fingerprint density at radius 2 is 2.12 bits per heavy atom. The highest BCUT2D eigenvalue weighted by atomic mass is 35.5. The Balaban J connectivity index is 0.00000225. The predicted molar refractivity (Wildman–Crippen MR) is 71.4 cm³/mol. The second-order valence-corrected chi connectivity index (χ2v) is 3.67. The van der Waals surface area contributed by atoms with Crippen LogP contribution in [0.25, 0.3) is 0 Å². The van der Waals surface area contributed by atoms with E-state index in [1.54, 1.807) is 18.2 Å². The van der Waals surface area contributed by atoms with Gasteiger partial charge in [0.15, 0.2) is 0 Å². The van der Waals surface area contributed by atoms with E-state index in [0.717, 1.165) is 0 Å². The first-order chi connectivity index (χ1) is 7.13. The average molecular weight is 284 g/mol. The molecule has 90 valence electrons. The molecule has 0 saturated heterocycles. The summed E-state index contributed by atoms with van der Waals surface area (Å²) in [6, 6.07) is 5.01. The lowest BCUT2D eigenvalue weighted by molar-refractivity contribution is 0.375. The van der Waals surface area contributed by atoms with Crippen LogP contribution >= 0.6 is 35.6 Å². The van der Waals surface area contributed by atoms with Gasteiger partial charge in [0, 0.05) is 17.6 Å². The molecule has 3 nitrogen and oxygen atoms in total. The number of benzene rings is 1. The molecule has 1 rings (SSSR count). The van der Waals surface area contributed by atoms with Crippen molar-refractivity contribution < 1.29 is 4.74 Å². The molecule has 0 unspecified atom stereocenters. The largest absolute Gasteiger partial charge is 0.484 e. The van der Waals surface area contributed by atoms with Crippen LogP contribution in [0.4, 0.5) is 0 Å². The third-order valence-corrected chi connectivity index (χ3v) is 2.18. The van der Waals surface area contributed by atoms with Gasteiger partial charge in [-0.2, -0.15) is 0 Å². The highest BCUT2D eigenvalue weighted by molar-refractivity contribution is 6.34. The van der Waals surface area contributed by atoms with Gasteiger partial charge in [-0.3, -0.25) is 4.99 Å². The van der Waals surface area contributed by atoms with Crippen LogP contribution in [-0.2, 0) is 0 Å². The number of nitrogens with zero attached hydrogens (tertiary/aromatic N) is 1. The van der Waals surface area contributed by atoms with Crippen LogP contribution in [0.1, 0.15) is 6.92 Å².